The van der Waals surface area contributed by atoms with Gasteiger partial charge in [-0.1, -0.05) is 6.07 Å². The van der Waals surface area contributed by atoms with Gasteiger partial charge in [-0.25, -0.2) is 19.9 Å². The standard InChI is InChI=1S/C27H34N8O2/c1-17(36)22-14-19-15-29-27(33-24(19)25(31-22)34-11-3-2-4-12-34)32-23-8-7-18-16-35(13-9-20(18)30-23)26(37)21-6-5-10-28-21/h7-8,14-15,17,21,28,36H,2-6,9-13,16H2,1H3,(H,29,30,32,33)/t17-,21-/m1/s1. The molecule has 0 bridgehead atoms. The number of amides is 1. The Labute approximate surface area is 216 Å². The molecule has 10 nitrogen and oxygen atoms in total. The molecule has 0 aliphatic carbocycles. The number of aromatic nitrogens is 4. The van der Waals surface area contributed by atoms with Gasteiger partial charge in [-0.15, -0.1) is 0 Å². The van der Waals surface area contributed by atoms with Gasteiger partial charge in [0.05, 0.1) is 17.8 Å². The highest BCUT2D eigenvalue weighted by Crippen LogP contribution is 2.30. The molecule has 3 aromatic heterocycles. The van der Waals surface area contributed by atoms with Crippen molar-refractivity contribution in [3.63, 3.8) is 0 Å². The molecule has 2 fully saturated rings. The van der Waals surface area contributed by atoms with Crippen LogP contribution in [0.4, 0.5) is 17.6 Å². The average Bonchev–Trinajstić information content (AvgIpc) is 3.47. The average molecular weight is 503 g/mol. The van der Waals surface area contributed by atoms with Gasteiger partial charge in [0.15, 0.2) is 5.82 Å². The van der Waals surface area contributed by atoms with Gasteiger partial charge in [0.1, 0.15) is 11.3 Å². The lowest BCUT2D eigenvalue weighted by atomic mass is 10.0. The maximum atomic E-state index is 12.8. The van der Waals surface area contributed by atoms with Crippen molar-refractivity contribution < 1.29 is 9.90 Å². The minimum Gasteiger partial charge on any atom is -0.387 e. The molecule has 2 atom stereocenters. The first-order valence-corrected chi connectivity index (χ1v) is 13.4. The Balaban J connectivity index is 1.23. The van der Waals surface area contributed by atoms with Crippen LogP contribution in [0.3, 0.4) is 0 Å². The van der Waals surface area contributed by atoms with Crippen molar-refractivity contribution in [3.05, 3.63) is 41.3 Å². The van der Waals surface area contributed by atoms with Crippen LogP contribution < -0.4 is 15.5 Å². The highest BCUT2D eigenvalue weighted by molar-refractivity contribution is 5.89. The maximum Gasteiger partial charge on any atom is 0.240 e. The number of carbonyl (C=O) groups is 1. The van der Waals surface area contributed by atoms with Crippen LogP contribution in [-0.2, 0) is 17.8 Å². The summed E-state index contributed by atoms with van der Waals surface area (Å²) in [6.07, 6.45) is 7.30. The van der Waals surface area contributed by atoms with E-state index in [0.717, 1.165) is 79.7 Å². The van der Waals surface area contributed by atoms with Crippen molar-refractivity contribution in [2.75, 3.05) is 36.4 Å². The molecule has 6 rings (SSSR count). The number of nitrogens with zero attached hydrogens (tertiary/aromatic N) is 6. The molecular formula is C27H34N8O2. The minimum absolute atomic E-state index is 0.0403. The first-order valence-electron chi connectivity index (χ1n) is 13.4. The normalized spacial score (nSPS) is 20.6. The summed E-state index contributed by atoms with van der Waals surface area (Å²) < 4.78 is 0. The van der Waals surface area contributed by atoms with Crippen LogP contribution in [0.15, 0.2) is 24.4 Å². The molecule has 3 aromatic rings. The molecule has 6 heterocycles. The van der Waals surface area contributed by atoms with E-state index in [4.69, 9.17) is 15.0 Å². The molecule has 3 aliphatic rings. The van der Waals surface area contributed by atoms with E-state index in [0.29, 0.717) is 30.5 Å². The summed E-state index contributed by atoms with van der Waals surface area (Å²) in [5, 5.41) is 17.6. The summed E-state index contributed by atoms with van der Waals surface area (Å²) in [4.78, 5) is 36.0. The van der Waals surface area contributed by atoms with E-state index in [2.05, 4.69) is 20.5 Å². The number of carbonyl (C=O) groups excluding carboxylic acids is 1. The highest BCUT2D eigenvalue weighted by Gasteiger charge is 2.29. The lowest BCUT2D eigenvalue weighted by molar-refractivity contribution is -0.134. The van der Waals surface area contributed by atoms with Crippen LogP contribution in [0.25, 0.3) is 10.9 Å². The van der Waals surface area contributed by atoms with Crippen LogP contribution in [0.5, 0.6) is 0 Å². The fraction of sp³-hybridized carbons (Fsp3) is 0.519. The van der Waals surface area contributed by atoms with Crippen molar-refractivity contribution in [2.24, 2.45) is 0 Å². The Morgan fingerprint density at radius 1 is 1.14 bits per heavy atom. The largest absolute Gasteiger partial charge is 0.387 e. The van der Waals surface area contributed by atoms with E-state index in [-0.39, 0.29) is 11.9 Å². The predicted molar refractivity (Wildman–Crippen MR) is 142 cm³/mol. The SMILES string of the molecule is C[C@@H](O)c1cc2cnc(Nc3ccc4c(n3)CCN(C(=O)[C@H]3CCCN3)C4)nc2c(N2CCCCC2)n1. The third kappa shape index (κ3) is 4.95. The third-order valence-electron chi connectivity index (χ3n) is 7.61. The monoisotopic (exact) mass is 502 g/mol. The van der Waals surface area contributed by atoms with Crippen LogP contribution in [0.1, 0.15) is 62.1 Å². The van der Waals surface area contributed by atoms with Crippen molar-refractivity contribution in [1.82, 2.24) is 30.2 Å². The number of hydrogen-bond donors (Lipinski definition) is 3. The number of aliphatic hydroxyl groups is 1. The van der Waals surface area contributed by atoms with E-state index in [1.54, 1.807) is 13.1 Å². The lowest BCUT2D eigenvalue weighted by Gasteiger charge is -2.30. The van der Waals surface area contributed by atoms with Crippen molar-refractivity contribution >= 4 is 34.4 Å². The van der Waals surface area contributed by atoms with E-state index in [1.807, 2.05) is 23.1 Å². The molecule has 37 heavy (non-hydrogen) atoms. The summed E-state index contributed by atoms with van der Waals surface area (Å²) in [6.45, 7) is 5.80. The van der Waals surface area contributed by atoms with Gasteiger partial charge in [0.25, 0.3) is 0 Å². The lowest BCUT2D eigenvalue weighted by Crippen LogP contribution is -2.45. The van der Waals surface area contributed by atoms with Crippen LogP contribution in [-0.4, -0.2) is 68.1 Å². The predicted octanol–water partition coefficient (Wildman–Crippen LogP) is 2.84. The van der Waals surface area contributed by atoms with Crippen LogP contribution >= 0.6 is 0 Å². The quantitative estimate of drug-likeness (QED) is 0.484. The number of piperidine rings is 1. The smallest absolute Gasteiger partial charge is 0.240 e. The van der Waals surface area contributed by atoms with Crippen molar-refractivity contribution in [1.29, 1.82) is 0 Å². The van der Waals surface area contributed by atoms with Gasteiger partial charge in [-0.3, -0.25) is 4.79 Å². The number of hydrogen-bond acceptors (Lipinski definition) is 9. The molecular weight excluding hydrogens is 468 g/mol. The summed E-state index contributed by atoms with van der Waals surface area (Å²) in [5.74, 6) is 2.15. The fourth-order valence-electron chi connectivity index (χ4n) is 5.55. The molecule has 1 amide bonds. The molecule has 0 spiro atoms. The second-order valence-corrected chi connectivity index (χ2v) is 10.3. The number of aliphatic hydroxyl groups excluding tert-OH is 1. The Morgan fingerprint density at radius 2 is 2.00 bits per heavy atom. The third-order valence-corrected chi connectivity index (χ3v) is 7.61. The molecule has 3 aliphatic heterocycles. The molecule has 2 saturated heterocycles. The van der Waals surface area contributed by atoms with E-state index in [9.17, 15) is 9.90 Å². The van der Waals surface area contributed by atoms with Gasteiger partial charge >= 0.3 is 0 Å². The van der Waals surface area contributed by atoms with Gasteiger partial charge in [0.2, 0.25) is 11.9 Å². The van der Waals surface area contributed by atoms with E-state index in [1.165, 1.54) is 6.42 Å². The first-order chi connectivity index (χ1) is 18.0. The number of nitrogens with one attached hydrogen (secondary N) is 2. The Hall–Kier alpha value is -3.37. The van der Waals surface area contributed by atoms with Crippen molar-refractivity contribution in [2.45, 2.75) is 64.1 Å². The maximum absolute atomic E-state index is 12.8. The number of anilines is 3. The van der Waals surface area contributed by atoms with Crippen molar-refractivity contribution in [3.8, 4) is 0 Å². The van der Waals surface area contributed by atoms with Gasteiger partial charge in [-0.05, 0) is 63.3 Å². The van der Waals surface area contributed by atoms with Gasteiger partial charge in [0, 0.05) is 49.9 Å². The number of pyridine rings is 2. The summed E-state index contributed by atoms with van der Waals surface area (Å²) >= 11 is 0. The van der Waals surface area contributed by atoms with E-state index >= 15 is 0 Å². The van der Waals surface area contributed by atoms with E-state index < -0.39 is 6.10 Å². The van der Waals surface area contributed by atoms with Gasteiger partial charge in [-0.2, -0.15) is 0 Å². The first kappa shape index (κ1) is 24.0. The fourth-order valence-corrected chi connectivity index (χ4v) is 5.55. The second-order valence-electron chi connectivity index (χ2n) is 10.3. The Morgan fingerprint density at radius 3 is 2.78 bits per heavy atom. The van der Waals surface area contributed by atoms with Gasteiger partial charge < -0.3 is 25.5 Å². The molecule has 0 aromatic carbocycles. The zero-order valence-electron chi connectivity index (χ0n) is 21.3. The Kier molecular flexibility index (Phi) is 6.60. The zero-order chi connectivity index (χ0) is 25.4. The Bertz CT molecular complexity index is 1300. The summed E-state index contributed by atoms with van der Waals surface area (Å²) in [7, 11) is 0. The molecule has 10 heteroatoms. The summed E-state index contributed by atoms with van der Waals surface area (Å²) in [5.41, 5.74) is 3.50. The highest BCUT2D eigenvalue weighted by atomic mass is 16.3. The topological polar surface area (TPSA) is 119 Å². The van der Waals surface area contributed by atoms with Crippen LogP contribution in [0.2, 0.25) is 0 Å². The zero-order valence-corrected chi connectivity index (χ0v) is 21.3. The minimum atomic E-state index is -0.661. The summed E-state index contributed by atoms with van der Waals surface area (Å²) in [6, 6.07) is 5.79. The molecule has 3 N–H and O–H groups in total. The van der Waals surface area contributed by atoms with Crippen LogP contribution in [0, 0.1) is 0 Å². The second kappa shape index (κ2) is 10.2. The molecule has 0 radical (unpaired) electrons. The number of rotatable bonds is 5. The molecule has 0 unspecified atom stereocenters. The number of fused-ring (bicyclic) bond motifs is 2. The molecule has 194 valence electrons. The molecule has 0 saturated carbocycles.